The average molecular weight is 297 g/mol. The molecule has 2 atom stereocenters. The van der Waals surface area contributed by atoms with Gasteiger partial charge in [0.05, 0.1) is 23.7 Å². The van der Waals surface area contributed by atoms with E-state index in [0.717, 1.165) is 0 Å². The second-order valence-electron chi connectivity index (χ2n) is 4.77. The van der Waals surface area contributed by atoms with Gasteiger partial charge in [-0.2, -0.15) is 5.10 Å². The Labute approximate surface area is 116 Å². The zero-order valence-electron chi connectivity index (χ0n) is 10.9. The van der Waals surface area contributed by atoms with E-state index in [-0.39, 0.29) is 11.5 Å². The lowest BCUT2D eigenvalue weighted by Gasteiger charge is -2.17. The van der Waals surface area contributed by atoms with Crippen LogP contribution in [0.3, 0.4) is 0 Å². The number of aliphatic hydroxyl groups excluding tert-OH is 1. The first kappa shape index (κ1) is 13.3. The third-order valence-electron chi connectivity index (χ3n) is 3.43. The number of aliphatic hydroxyl groups is 1. The Morgan fingerprint density at radius 1 is 1.35 bits per heavy atom. The second-order valence-corrected chi connectivity index (χ2v) is 6.92. The van der Waals surface area contributed by atoms with Crippen LogP contribution in [-0.4, -0.2) is 55.4 Å². The topological polar surface area (TPSA) is 103 Å². The third kappa shape index (κ3) is 2.12. The first-order valence-electron chi connectivity index (χ1n) is 6.31. The molecule has 1 saturated heterocycles. The molecule has 108 valence electrons. The van der Waals surface area contributed by atoms with Gasteiger partial charge in [0.1, 0.15) is 6.33 Å². The minimum absolute atomic E-state index is 0.0855. The van der Waals surface area contributed by atoms with E-state index in [0.29, 0.717) is 18.2 Å². The first-order chi connectivity index (χ1) is 9.52. The molecule has 0 saturated carbocycles. The summed E-state index contributed by atoms with van der Waals surface area (Å²) in [4.78, 5) is 8.39. The summed E-state index contributed by atoms with van der Waals surface area (Å²) in [5, 5.41) is 14.1. The second kappa shape index (κ2) is 4.67. The fraction of sp³-hybridized carbons (Fsp3) is 0.545. The van der Waals surface area contributed by atoms with E-state index in [1.807, 2.05) is 6.92 Å². The van der Waals surface area contributed by atoms with Gasteiger partial charge in [-0.25, -0.2) is 23.1 Å². The van der Waals surface area contributed by atoms with Crippen LogP contribution in [0.5, 0.6) is 0 Å². The van der Waals surface area contributed by atoms with Gasteiger partial charge in [-0.15, -0.1) is 0 Å². The predicted molar refractivity (Wildman–Crippen MR) is 70.6 cm³/mol. The molecule has 2 aromatic rings. The van der Waals surface area contributed by atoms with Crippen LogP contribution in [0.4, 0.5) is 0 Å². The summed E-state index contributed by atoms with van der Waals surface area (Å²) in [6.07, 6.45) is 3.74. The standard InChI is InChI=1S/C11H15N5O3S/c1-2-16-11(13-7-14-16)10-12-3-4-15(10)8-5-20(18,19)6-9(8)17/h3-4,7-9,17H,2,5-6H2,1H3/t8-,9-/m1/s1. The summed E-state index contributed by atoms with van der Waals surface area (Å²) >= 11 is 0. The van der Waals surface area contributed by atoms with Crippen molar-refractivity contribution in [3.8, 4) is 11.6 Å². The van der Waals surface area contributed by atoms with E-state index in [1.165, 1.54) is 6.33 Å². The summed E-state index contributed by atoms with van der Waals surface area (Å²) < 4.78 is 26.6. The number of sulfone groups is 1. The van der Waals surface area contributed by atoms with E-state index >= 15 is 0 Å². The van der Waals surface area contributed by atoms with Crippen LogP contribution in [-0.2, 0) is 16.4 Å². The molecule has 0 bridgehead atoms. The van der Waals surface area contributed by atoms with Crippen LogP contribution in [0, 0.1) is 0 Å². The first-order valence-corrected chi connectivity index (χ1v) is 8.13. The maximum Gasteiger partial charge on any atom is 0.194 e. The largest absolute Gasteiger partial charge is 0.390 e. The number of hydrogen-bond acceptors (Lipinski definition) is 6. The lowest BCUT2D eigenvalue weighted by Crippen LogP contribution is -2.22. The molecule has 0 amide bonds. The van der Waals surface area contributed by atoms with Crippen molar-refractivity contribution in [2.75, 3.05) is 11.5 Å². The molecule has 0 radical (unpaired) electrons. The molecule has 3 heterocycles. The highest BCUT2D eigenvalue weighted by Crippen LogP contribution is 2.28. The van der Waals surface area contributed by atoms with E-state index in [2.05, 4.69) is 15.1 Å². The summed E-state index contributed by atoms with van der Waals surface area (Å²) in [6.45, 7) is 2.56. The minimum Gasteiger partial charge on any atom is -0.390 e. The highest BCUT2D eigenvalue weighted by Gasteiger charge is 2.38. The number of aryl methyl sites for hydroxylation is 1. The Morgan fingerprint density at radius 3 is 2.80 bits per heavy atom. The predicted octanol–water partition coefficient (Wildman–Crippen LogP) is -0.508. The van der Waals surface area contributed by atoms with Crippen molar-refractivity contribution in [3.05, 3.63) is 18.7 Å². The van der Waals surface area contributed by atoms with Gasteiger partial charge < -0.3 is 9.67 Å². The van der Waals surface area contributed by atoms with Crippen LogP contribution < -0.4 is 0 Å². The fourth-order valence-electron chi connectivity index (χ4n) is 2.50. The number of hydrogen-bond donors (Lipinski definition) is 1. The number of nitrogens with zero attached hydrogens (tertiary/aromatic N) is 5. The minimum atomic E-state index is -3.21. The van der Waals surface area contributed by atoms with Crippen molar-refractivity contribution < 1.29 is 13.5 Å². The molecular formula is C11H15N5O3S. The van der Waals surface area contributed by atoms with Crippen molar-refractivity contribution in [1.82, 2.24) is 24.3 Å². The summed E-state index contributed by atoms with van der Waals surface area (Å²) in [5.74, 6) is 0.785. The van der Waals surface area contributed by atoms with Gasteiger partial charge in [0.15, 0.2) is 21.5 Å². The Bertz CT molecular complexity index is 720. The monoisotopic (exact) mass is 297 g/mol. The Kier molecular flexibility index (Phi) is 3.09. The molecule has 3 rings (SSSR count). The quantitative estimate of drug-likeness (QED) is 0.818. The highest BCUT2D eigenvalue weighted by molar-refractivity contribution is 7.91. The summed E-state index contributed by atoms with van der Waals surface area (Å²) in [5.41, 5.74) is 0. The molecule has 2 aromatic heterocycles. The fourth-order valence-corrected chi connectivity index (χ4v) is 4.28. The molecule has 9 heteroatoms. The van der Waals surface area contributed by atoms with Gasteiger partial charge in [0, 0.05) is 18.9 Å². The van der Waals surface area contributed by atoms with Crippen molar-refractivity contribution in [1.29, 1.82) is 0 Å². The lowest BCUT2D eigenvalue weighted by atomic mass is 10.2. The van der Waals surface area contributed by atoms with E-state index in [9.17, 15) is 13.5 Å². The molecule has 20 heavy (non-hydrogen) atoms. The SMILES string of the molecule is CCn1ncnc1-c1nccn1[C@@H]1CS(=O)(=O)C[C@H]1O. The molecule has 0 aliphatic carbocycles. The molecule has 0 unspecified atom stereocenters. The van der Waals surface area contributed by atoms with Crippen molar-refractivity contribution in [2.24, 2.45) is 0 Å². The van der Waals surface area contributed by atoms with Gasteiger partial charge in [-0.05, 0) is 6.92 Å². The van der Waals surface area contributed by atoms with Gasteiger partial charge in [-0.3, -0.25) is 0 Å². The molecule has 1 aliphatic rings. The molecule has 1 fully saturated rings. The van der Waals surface area contributed by atoms with Crippen LogP contribution >= 0.6 is 0 Å². The van der Waals surface area contributed by atoms with Crippen LogP contribution in [0.2, 0.25) is 0 Å². The normalized spacial score (nSPS) is 25.1. The lowest BCUT2D eigenvalue weighted by molar-refractivity contribution is 0.154. The van der Waals surface area contributed by atoms with Crippen LogP contribution in [0.1, 0.15) is 13.0 Å². The summed E-state index contributed by atoms with van der Waals surface area (Å²) in [6, 6.07) is -0.528. The van der Waals surface area contributed by atoms with Gasteiger partial charge in [-0.1, -0.05) is 0 Å². The van der Waals surface area contributed by atoms with Crippen molar-refractivity contribution >= 4 is 9.84 Å². The molecule has 1 N–H and O–H groups in total. The molecule has 8 nitrogen and oxygen atoms in total. The van der Waals surface area contributed by atoms with Gasteiger partial charge in [0.2, 0.25) is 0 Å². The Hall–Kier alpha value is -1.74. The summed E-state index contributed by atoms with van der Waals surface area (Å²) in [7, 11) is -3.21. The van der Waals surface area contributed by atoms with Gasteiger partial charge >= 0.3 is 0 Å². The van der Waals surface area contributed by atoms with Crippen molar-refractivity contribution in [2.45, 2.75) is 25.6 Å². The van der Waals surface area contributed by atoms with E-state index < -0.39 is 22.0 Å². The third-order valence-corrected chi connectivity index (χ3v) is 5.13. The van der Waals surface area contributed by atoms with E-state index in [4.69, 9.17) is 0 Å². The zero-order valence-corrected chi connectivity index (χ0v) is 11.7. The number of rotatable bonds is 3. The van der Waals surface area contributed by atoms with Crippen LogP contribution in [0.15, 0.2) is 18.7 Å². The molecule has 1 aliphatic heterocycles. The molecular weight excluding hydrogens is 282 g/mol. The maximum atomic E-state index is 11.6. The Morgan fingerprint density at radius 2 is 2.15 bits per heavy atom. The molecule has 0 spiro atoms. The number of aromatic nitrogens is 5. The smallest absolute Gasteiger partial charge is 0.194 e. The van der Waals surface area contributed by atoms with Gasteiger partial charge in [0.25, 0.3) is 0 Å². The highest BCUT2D eigenvalue weighted by atomic mass is 32.2. The zero-order chi connectivity index (χ0) is 14.3. The molecule has 0 aromatic carbocycles. The average Bonchev–Trinajstić information content (AvgIpc) is 3.06. The van der Waals surface area contributed by atoms with E-state index in [1.54, 1.807) is 21.6 Å². The number of imidazole rings is 1. The van der Waals surface area contributed by atoms with Crippen molar-refractivity contribution in [3.63, 3.8) is 0 Å². The maximum absolute atomic E-state index is 11.6. The Balaban J connectivity index is 2.03. The van der Waals surface area contributed by atoms with Crippen LogP contribution in [0.25, 0.3) is 11.6 Å².